The van der Waals surface area contributed by atoms with Gasteiger partial charge in [-0.2, -0.15) is 0 Å². The van der Waals surface area contributed by atoms with E-state index in [4.69, 9.17) is 10.5 Å². The molecule has 1 spiro atoms. The fourth-order valence-corrected chi connectivity index (χ4v) is 9.68. The lowest BCUT2D eigenvalue weighted by atomic mass is 9.94. The summed E-state index contributed by atoms with van der Waals surface area (Å²) < 4.78 is 19.2. The van der Waals surface area contributed by atoms with Crippen LogP contribution in [0.2, 0.25) is 0 Å². The number of likely N-dealkylation sites (N-methyl/N-ethyl adjacent to an activating group) is 1. The minimum absolute atomic E-state index is 0.0644. The van der Waals surface area contributed by atoms with Gasteiger partial charge in [-0.1, -0.05) is 111 Å². The first-order valence-electron chi connectivity index (χ1n) is 29.7. The maximum absolute atomic E-state index is 14.4. The maximum Gasteiger partial charge on any atom is 0.329 e. The molecule has 1 aromatic carbocycles. The van der Waals surface area contributed by atoms with Crippen LogP contribution in [0.25, 0.3) is 0 Å². The number of cyclic esters (lactones) is 1. The summed E-state index contributed by atoms with van der Waals surface area (Å²) in [5.41, 5.74) is 4.73. The Morgan fingerprint density at radius 2 is 1.14 bits per heavy atom. The Bertz CT molecular complexity index is 2530. The predicted molar refractivity (Wildman–Crippen MR) is 312 cm³/mol. The number of nitrogens with one attached hydrogen (secondary N) is 11. The van der Waals surface area contributed by atoms with Gasteiger partial charge in [0.05, 0.1) is 25.9 Å². The molecule has 1 saturated heterocycles. The molecule has 1 aromatic rings. The van der Waals surface area contributed by atoms with Crippen molar-refractivity contribution in [3.05, 3.63) is 35.9 Å². The van der Waals surface area contributed by atoms with Gasteiger partial charge in [0.1, 0.15) is 66.0 Å². The molecule has 482 valence electrons. The lowest BCUT2D eigenvalue weighted by Gasteiger charge is -2.31. The Balaban J connectivity index is 1.85. The molecule has 1 saturated carbocycles. The van der Waals surface area contributed by atoms with Gasteiger partial charge in [0.15, 0.2) is 0 Å². The first kappa shape index (κ1) is 72.9. The minimum atomic E-state index is -1.83. The van der Waals surface area contributed by atoms with Gasteiger partial charge in [-0.15, -0.1) is 0 Å². The van der Waals surface area contributed by atoms with E-state index in [1.165, 1.54) is 13.8 Å². The van der Waals surface area contributed by atoms with Crippen LogP contribution in [0.5, 0.6) is 0 Å². The van der Waals surface area contributed by atoms with Crippen molar-refractivity contribution in [3.63, 3.8) is 0 Å². The van der Waals surface area contributed by atoms with Crippen molar-refractivity contribution in [3.8, 4) is 0 Å². The number of carbonyl (C=O) groups excluding carboxylic acids is 12. The van der Waals surface area contributed by atoms with Crippen LogP contribution in [0.4, 0.5) is 4.39 Å². The number of hydrogen-bond donors (Lipinski definition) is 14. The van der Waals surface area contributed by atoms with Crippen molar-refractivity contribution in [2.75, 3.05) is 26.9 Å². The number of halogens is 1. The molecule has 1 aliphatic heterocycles. The summed E-state index contributed by atoms with van der Waals surface area (Å²) >= 11 is 0. The molecule has 2 fully saturated rings. The first-order valence-corrected chi connectivity index (χ1v) is 29.7. The van der Waals surface area contributed by atoms with Gasteiger partial charge >= 0.3 is 5.97 Å². The molecule has 3 rings (SSSR count). The lowest BCUT2D eigenvalue weighted by Crippen LogP contribution is -2.63. The van der Waals surface area contributed by atoms with Gasteiger partial charge in [0, 0.05) is 6.42 Å². The highest BCUT2D eigenvalue weighted by Gasteiger charge is 2.61. The Labute approximate surface area is 502 Å². The largest absolute Gasteiger partial charge is 0.458 e. The van der Waals surface area contributed by atoms with Crippen LogP contribution in [0.3, 0.4) is 0 Å². The normalized spacial score (nSPS) is 23.6. The molecule has 27 nitrogen and oxygen atoms in total. The lowest BCUT2D eigenvalue weighted by molar-refractivity contribution is -0.157. The molecule has 2 unspecified atom stereocenters. The van der Waals surface area contributed by atoms with Gasteiger partial charge in [0.2, 0.25) is 65.0 Å². The number of hydrogen-bond acceptors (Lipinski definition) is 16. The SMILES string of the molecule is CC[C@H](C)[C@H](NC(=O)[C@@H](Cc1ccccc1)NC)C(=O)N[C@@H](CO)C(=O)N[C@H](CCC(N)=O)C(=O)N[C@@H](C(=O)N[C@H](C(=O)N[C@@H](CO)C(=O)N[C@H]1C(=O)N[C@@H](C)C(=O)NC2(CC2CCF)C(=O)N[C@@H]([C@@H](C)CC)C(=O)O[C@H]1C)[C@@H](C)CC)[C@@H](C)CC. The number of primary amides is 1. The zero-order valence-electron chi connectivity index (χ0n) is 51.3. The third-order valence-electron chi connectivity index (χ3n) is 16.4. The zero-order chi connectivity index (χ0) is 64.7. The van der Waals surface area contributed by atoms with Crippen LogP contribution in [0.1, 0.15) is 126 Å². The number of ether oxygens (including phenoxy) is 1. The number of carbonyl (C=O) groups is 12. The molecule has 86 heavy (non-hydrogen) atoms. The second kappa shape index (κ2) is 34.7. The number of amides is 11. The number of esters is 1. The van der Waals surface area contributed by atoms with Crippen molar-refractivity contribution in [2.24, 2.45) is 35.3 Å². The van der Waals surface area contributed by atoms with Gasteiger partial charge in [-0.05, 0) is 81.7 Å². The van der Waals surface area contributed by atoms with Gasteiger partial charge in [-0.25, -0.2) is 4.79 Å². The van der Waals surface area contributed by atoms with Crippen LogP contribution in [-0.4, -0.2) is 180 Å². The Morgan fingerprint density at radius 1 is 0.663 bits per heavy atom. The summed E-state index contributed by atoms with van der Waals surface area (Å²) in [6.07, 6.45) is -0.778. The minimum Gasteiger partial charge on any atom is -0.458 e. The highest BCUT2D eigenvalue weighted by atomic mass is 19.1. The number of aliphatic hydroxyl groups is 2. The Hall–Kier alpha value is -7.33. The topological polar surface area (TPSA) is 413 Å². The monoisotopic (exact) mass is 1220 g/mol. The van der Waals surface area contributed by atoms with Crippen molar-refractivity contribution in [1.82, 2.24) is 58.5 Å². The first-order chi connectivity index (χ1) is 40.6. The number of benzene rings is 1. The molecular formula is C58H93FN12O15. The van der Waals surface area contributed by atoms with Gasteiger partial charge < -0.3 is 79.2 Å². The fraction of sp³-hybridized carbons (Fsp3) is 0.690. The molecular weight excluding hydrogens is 1120 g/mol. The molecule has 0 radical (unpaired) electrons. The summed E-state index contributed by atoms with van der Waals surface area (Å²) in [6, 6.07) is -5.22. The van der Waals surface area contributed by atoms with E-state index < -0.39 is 205 Å². The van der Waals surface area contributed by atoms with E-state index in [9.17, 15) is 72.1 Å². The summed E-state index contributed by atoms with van der Waals surface area (Å²) in [5.74, 6) is -13.9. The van der Waals surface area contributed by atoms with E-state index in [-0.39, 0.29) is 25.7 Å². The third-order valence-corrected chi connectivity index (χ3v) is 16.4. The summed E-state index contributed by atoms with van der Waals surface area (Å²) in [7, 11) is 1.59. The van der Waals surface area contributed by atoms with Crippen LogP contribution in [0.15, 0.2) is 30.3 Å². The van der Waals surface area contributed by atoms with Gasteiger partial charge in [0.25, 0.3) is 0 Å². The molecule has 0 bridgehead atoms. The van der Waals surface area contributed by atoms with Crippen molar-refractivity contribution >= 4 is 70.9 Å². The number of alkyl halides is 1. The van der Waals surface area contributed by atoms with E-state index in [2.05, 4.69) is 58.5 Å². The van der Waals surface area contributed by atoms with E-state index >= 15 is 0 Å². The Kier molecular flexibility index (Phi) is 29.4. The number of aliphatic hydroxyl groups excluding tert-OH is 2. The second-order valence-electron chi connectivity index (χ2n) is 22.7. The predicted octanol–water partition coefficient (Wildman–Crippen LogP) is -2.19. The maximum atomic E-state index is 14.4. The molecule has 0 aromatic heterocycles. The number of nitrogens with two attached hydrogens (primary N) is 1. The third kappa shape index (κ3) is 20.4. The average Bonchev–Trinajstić information content (AvgIpc) is 1.64. The van der Waals surface area contributed by atoms with E-state index in [1.54, 1.807) is 62.4 Å². The highest BCUT2D eigenvalue weighted by Crippen LogP contribution is 2.46. The van der Waals surface area contributed by atoms with Crippen molar-refractivity contribution in [1.29, 1.82) is 0 Å². The zero-order valence-corrected chi connectivity index (χ0v) is 51.3. The highest BCUT2D eigenvalue weighted by molar-refractivity contribution is 6.01. The standard InChI is InChI=1S/C58H93FN12O15/c1-12-29(5)42(67-49(77)38(61-11)25-35-19-17-16-18-20-35)52(80)64-39(27-72)50(78)63-37(21-22-41(60)74)48(76)66-44(31(7)14-3)54(82)68-43(30(6)13-2)53(81)65-40(28-73)51(79)69-46-34(10)86-56(84)45(32(8)15-4)70-57(85)58(26-36(58)23-24-59)71-47(75)33(9)62-55(46)83/h16-20,29-34,36-40,42-46,61,72-73H,12-15,21-28H2,1-11H3,(H2,60,74)(H,62,83)(H,63,78)(H,64,80)(H,65,81)(H,66,76)(H,67,77)(H,68,82)(H,69,79)(H,70,85)(H,71,75)/t29-,30-,31-,32-,33-,34-,36?,37+,38+,39-,40-,42-,43-,44+,45-,46+,58?/m0/s1. The van der Waals surface area contributed by atoms with E-state index in [0.717, 1.165) is 5.56 Å². The summed E-state index contributed by atoms with van der Waals surface area (Å²) in [4.78, 5) is 165. The second-order valence-corrected chi connectivity index (χ2v) is 22.7. The van der Waals surface area contributed by atoms with E-state index in [0.29, 0.717) is 19.3 Å². The van der Waals surface area contributed by atoms with E-state index in [1.807, 2.05) is 30.3 Å². The summed E-state index contributed by atoms with van der Waals surface area (Å²) in [6.45, 7) is 13.2. The smallest absolute Gasteiger partial charge is 0.329 e. The van der Waals surface area contributed by atoms with Crippen LogP contribution in [-0.2, 0) is 68.7 Å². The van der Waals surface area contributed by atoms with Gasteiger partial charge in [-0.3, -0.25) is 57.1 Å². The molecule has 1 heterocycles. The van der Waals surface area contributed by atoms with Crippen molar-refractivity contribution in [2.45, 2.75) is 199 Å². The fourth-order valence-electron chi connectivity index (χ4n) is 9.68. The quantitative estimate of drug-likeness (QED) is 0.0341. The average molecular weight is 1220 g/mol. The molecule has 11 amide bonds. The van der Waals surface area contributed by atoms with Crippen molar-refractivity contribution < 1.29 is 76.9 Å². The molecule has 2 aliphatic rings. The van der Waals surface area contributed by atoms with Crippen LogP contribution < -0.4 is 64.2 Å². The molecule has 15 N–H and O–H groups in total. The summed E-state index contributed by atoms with van der Waals surface area (Å²) in [5, 5.41) is 49.2. The van der Waals surface area contributed by atoms with Crippen LogP contribution >= 0.6 is 0 Å². The molecule has 17 atom stereocenters. The molecule has 28 heteroatoms. The Morgan fingerprint density at radius 3 is 1.62 bits per heavy atom. The molecule has 1 aliphatic carbocycles. The van der Waals surface area contributed by atoms with Crippen LogP contribution in [0, 0.1) is 29.6 Å². The number of rotatable bonds is 32.